The highest BCUT2D eigenvalue weighted by Gasteiger charge is 2.53. The average Bonchev–Trinajstić information content (AvgIpc) is 3.53. The van der Waals surface area contributed by atoms with Crippen molar-refractivity contribution in [3.63, 3.8) is 0 Å². The quantitative estimate of drug-likeness (QED) is 0.313. The zero-order valence-corrected chi connectivity index (χ0v) is 20.2. The number of halogens is 4. The van der Waals surface area contributed by atoms with E-state index in [2.05, 4.69) is 25.9 Å². The van der Waals surface area contributed by atoms with Gasteiger partial charge in [-0.3, -0.25) is 4.79 Å². The summed E-state index contributed by atoms with van der Waals surface area (Å²) in [6, 6.07) is 12.5. The Morgan fingerprint density at radius 1 is 0.974 bits per heavy atom. The Balaban J connectivity index is 1.50. The van der Waals surface area contributed by atoms with Crippen LogP contribution in [0, 0.1) is 5.82 Å². The molecule has 1 aliphatic carbocycles. The topological polar surface area (TPSA) is 102 Å². The van der Waals surface area contributed by atoms with E-state index in [0.29, 0.717) is 46.3 Å². The molecule has 2 N–H and O–H groups in total. The lowest BCUT2D eigenvalue weighted by Gasteiger charge is -2.19. The minimum Gasteiger partial charge on any atom is -0.493 e. The number of aromatic amines is 1. The predicted octanol–water partition coefficient (Wildman–Crippen LogP) is 5.38. The second-order valence-corrected chi connectivity index (χ2v) is 8.81. The zero-order chi connectivity index (χ0) is 27.1. The first kappa shape index (κ1) is 25.2. The van der Waals surface area contributed by atoms with Crippen molar-refractivity contribution in [3.8, 4) is 34.0 Å². The van der Waals surface area contributed by atoms with Crippen LogP contribution in [0.15, 0.2) is 54.6 Å². The summed E-state index contributed by atoms with van der Waals surface area (Å²) < 4.78 is 65.0. The molecule has 0 aliphatic heterocycles. The summed E-state index contributed by atoms with van der Waals surface area (Å²) in [7, 11) is 3.04. The first-order valence-electron chi connectivity index (χ1n) is 11.5. The van der Waals surface area contributed by atoms with Crippen molar-refractivity contribution in [2.24, 2.45) is 0 Å². The van der Waals surface area contributed by atoms with Gasteiger partial charge < -0.3 is 14.8 Å². The van der Waals surface area contributed by atoms with Crippen molar-refractivity contribution in [1.29, 1.82) is 0 Å². The fourth-order valence-corrected chi connectivity index (χ4v) is 4.41. The van der Waals surface area contributed by atoms with Gasteiger partial charge in [0.2, 0.25) is 5.91 Å². The third kappa shape index (κ3) is 4.53. The molecule has 1 aliphatic rings. The summed E-state index contributed by atoms with van der Waals surface area (Å²) in [6.07, 6.45) is -4.21. The fourth-order valence-electron chi connectivity index (χ4n) is 4.41. The van der Waals surface area contributed by atoms with Crippen LogP contribution in [0.2, 0.25) is 0 Å². The van der Waals surface area contributed by atoms with Gasteiger partial charge in [0.1, 0.15) is 5.82 Å². The number of hydrogen-bond donors (Lipinski definition) is 2. The zero-order valence-electron chi connectivity index (χ0n) is 20.2. The molecule has 0 atom stereocenters. The average molecular weight is 527 g/mol. The standard InChI is InChI=1S/C26H21F4N5O3/c1-37-21-8-3-14(11-22(21)38-2)17-6-5-16(13-18(17)23-32-34-35-33-23)31-24(36)25(9-10-25)19-12-15(26(28,29)30)4-7-20(19)27/h3-8,11-13H,9-10H2,1-2H3,(H,31,36)(H,32,33,34,35). The number of carbonyl (C=O) groups excluding carboxylic acids is 1. The minimum atomic E-state index is -4.66. The van der Waals surface area contributed by atoms with E-state index in [-0.39, 0.29) is 18.4 Å². The summed E-state index contributed by atoms with van der Waals surface area (Å²) in [5.41, 5.74) is -0.344. The molecule has 0 saturated heterocycles. The molecule has 1 fully saturated rings. The van der Waals surface area contributed by atoms with E-state index in [1.807, 2.05) is 6.07 Å². The second-order valence-electron chi connectivity index (χ2n) is 8.81. The molecule has 0 radical (unpaired) electrons. The number of hydrogen-bond acceptors (Lipinski definition) is 6. The number of H-pyrrole nitrogens is 1. The van der Waals surface area contributed by atoms with Crippen LogP contribution in [0.4, 0.5) is 23.2 Å². The van der Waals surface area contributed by atoms with Crippen molar-refractivity contribution in [2.75, 3.05) is 19.5 Å². The molecular weight excluding hydrogens is 506 g/mol. The van der Waals surface area contributed by atoms with E-state index < -0.39 is 28.9 Å². The maximum Gasteiger partial charge on any atom is 0.416 e. The molecule has 196 valence electrons. The van der Waals surface area contributed by atoms with Crippen LogP contribution in [-0.4, -0.2) is 40.8 Å². The summed E-state index contributed by atoms with van der Waals surface area (Å²) in [6.45, 7) is 0. The molecule has 8 nitrogen and oxygen atoms in total. The number of alkyl halides is 3. The number of benzene rings is 3. The molecule has 0 unspecified atom stereocenters. The van der Waals surface area contributed by atoms with Gasteiger partial charge in [-0.15, -0.1) is 5.10 Å². The van der Waals surface area contributed by atoms with E-state index >= 15 is 0 Å². The van der Waals surface area contributed by atoms with Crippen LogP contribution in [0.25, 0.3) is 22.5 Å². The van der Waals surface area contributed by atoms with Crippen molar-refractivity contribution in [3.05, 3.63) is 71.5 Å². The molecule has 1 saturated carbocycles. The lowest BCUT2D eigenvalue weighted by atomic mass is 9.92. The number of anilines is 1. The van der Waals surface area contributed by atoms with Crippen molar-refractivity contribution in [2.45, 2.75) is 24.4 Å². The molecule has 3 aromatic carbocycles. The van der Waals surface area contributed by atoms with E-state index in [1.165, 1.54) is 14.2 Å². The number of rotatable bonds is 7. The Bertz CT molecular complexity index is 1500. The lowest BCUT2D eigenvalue weighted by Crippen LogP contribution is -2.29. The number of methoxy groups -OCH3 is 2. The molecule has 1 heterocycles. The second kappa shape index (κ2) is 9.43. The van der Waals surface area contributed by atoms with Crippen molar-refractivity contribution < 1.29 is 31.8 Å². The van der Waals surface area contributed by atoms with E-state index in [4.69, 9.17) is 9.47 Å². The first-order chi connectivity index (χ1) is 18.2. The van der Waals surface area contributed by atoms with Gasteiger partial charge >= 0.3 is 6.18 Å². The lowest BCUT2D eigenvalue weighted by molar-refractivity contribution is -0.137. The summed E-state index contributed by atoms with van der Waals surface area (Å²) in [4.78, 5) is 13.3. The molecule has 1 aromatic heterocycles. The number of ether oxygens (including phenoxy) is 2. The first-order valence-corrected chi connectivity index (χ1v) is 11.5. The van der Waals surface area contributed by atoms with E-state index in [0.717, 1.165) is 11.6 Å². The number of carbonyl (C=O) groups is 1. The highest BCUT2D eigenvalue weighted by molar-refractivity contribution is 6.02. The molecule has 38 heavy (non-hydrogen) atoms. The van der Waals surface area contributed by atoms with Crippen LogP contribution in [0.5, 0.6) is 11.5 Å². The van der Waals surface area contributed by atoms with Gasteiger partial charge in [0.05, 0.1) is 25.2 Å². The number of aromatic nitrogens is 4. The molecule has 5 rings (SSSR count). The maximum atomic E-state index is 14.6. The highest BCUT2D eigenvalue weighted by Crippen LogP contribution is 2.51. The normalized spacial score (nSPS) is 14.2. The number of nitrogens with one attached hydrogen (secondary N) is 2. The Kier molecular flexibility index (Phi) is 6.25. The van der Waals surface area contributed by atoms with Crippen LogP contribution in [0.3, 0.4) is 0 Å². The number of nitrogens with zero attached hydrogens (tertiary/aromatic N) is 3. The van der Waals surface area contributed by atoms with Gasteiger partial charge in [0.15, 0.2) is 17.3 Å². The minimum absolute atomic E-state index is 0.222. The Hall–Kier alpha value is -4.48. The van der Waals surface area contributed by atoms with E-state index in [9.17, 15) is 22.4 Å². The van der Waals surface area contributed by atoms with Gasteiger partial charge in [0, 0.05) is 16.8 Å². The number of tetrazole rings is 1. The largest absolute Gasteiger partial charge is 0.493 e. The van der Waals surface area contributed by atoms with Gasteiger partial charge in [-0.05, 0) is 76.9 Å². The van der Waals surface area contributed by atoms with Gasteiger partial charge in [-0.2, -0.15) is 13.2 Å². The summed E-state index contributed by atoms with van der Waals surface area (Å²) in [5.74, 6) is -0.0996. The Labute approximate surface area is 214 Å². The summed E-state index contributed by atoms with van der Waals surface area (Å²) >= 11 is 0. The van der Waals surface area contributed by atoms with Crippen molar-refractivity contribution in [1.82, 2.24) is 20.6 Å². The van der Waals surface area contributed by atoms with Crippen LogP contribution in [-0.2, 0) is 16.4 Å². The molecule has 1 amide bonds. The smallest absolute Gasteiger partial charge is 0.416 e. The van der Waals surface area contributed by atoms with Gasteiger partial charge in [-0.1, -0.05) is 12.1 Å². The van der Waals surface area contributed by atoms with E-state index in [1.54, 1.807) is 30.3 Å². The summed E-state index contributed by atoms with van der Waals surface area (Å²) in [5, 5.41) is 16.7. The van der Waals surface area contributed by atoms with Crippen LogP contribution >= 0.6 is 0 Å². The highest BCUT2D eigenvalue weighted by atomic mass is 19.4. The van der Waals surface area contributed by atoms with Gasteiger partial charge in [-0.25, -0.2) is 9.49 Å². The molecule has 0 bridgehead atoms. The molecule has 0 spiro atoms. The van der Waals surface area contributed by atoms with Crippen LogP contribution in [0.1, 0.15) is 24.0 Å². The number of amides is 1. The monoisotopic (exact) mass is 527 g/mol. The molecular formula is C26H21F4N5O3. The Morgan fingerprint density at radius 3 is 2.37 bits per heavy atom. The van der Waals surface area contributed by atoms with Crippen molar-refractivity contribution >= 4 is 11.6 Å². The maximum absolute atomic E-state index is 14.6. The molecule has 12 heteroatoms. The van der Waals surface area contributed by atoms with Crippen LogP contribution < -0.4 is 14.8 Å². The fraction of sp³-hybridized carbons (Fsp3) is 0.231. The predicted molar refractivity (Wildman–Crippen MR) is 129 cm³/mol. The molecule has 4 aromatic rings. The SMILES string of the molecule is COc1ccc(-c2ccc(NC(=O)C3(c4cc(C(F)(F)F)ccc4F)CC3)cc2-c2nnn[nH]2)cc1OC. The third-order valence-corrected chi connectivity index (χ3v) is 6.57. The van der Waals surface area contributed by atoms with Gasteiger partial charge in [0.25, 0.3) is 0 Å². The Morgan fingerprint density at radius 2 is 1.74 bits per heavy atom. The third-order valence-electron chi connectivity index (χ3n) is 6.57.